The monoisotopic (exact) mass is 194 g/mol. The Kier molecular flexibility index (Phi) is 3.48. The zero-order chi connectivity index (χ0) is 10.6. The number of aromatic nitrogens is 2. The summed E-state index contributed by atoms with van der Waals surface area (Å²) in [5.41, 5.74) is 6.80. The SMILES string of the molecule is CCCn1nc(COC)c(C#N)c1N. The zero-order valence-electron chi connectivity index (χ0n) is 8.45. The van der Waals surface area contributed by atoms with Crippen LogP contribution in [-0.4, -0.2) is 16.9 Å². The third-order valence-electron chi connectivity index (χ3n) is 1.89. The van der Waals surface area contributed by atoms with E-state index in [4.69, 9.17) is 15.7 Å². The molecule has 5 nitrogen and oxygen atoms in total. The molecule has 2 N–H and O–H groups in total. The van der Waals surface area contributed by atoms with E-state index in [0.717, 1.165) is 13.0 Å². The van der Waals surface area contributed by atoms with Crippen molar-refractivity contribution < 1.29 is 4.74 Å². The first kappa shape index (κ1) is 10.5. The Morgan fingerprint density at radius 1 is 1.64 bits per heavy atom. The van der Waals surface area contributed by atoms with Gasteiger partial charge in [-0.2, -0.15) is 10.4 Å². The highest BCUT2D eigenvalue weighted by atomic mass is 16.5. The molecule has 14 heavy (non-hydrogen) atoms. The number of hydrogen-bond acceptors (Lipinski definition) is 4. The number of aryl methyl sites for hydroxylation is 1. The van der Waals surface area contributed by atoms with E-state index in [1.165, 1.54) is 0 Å². The van der Waals surface area contributed by atoms with Crippen LogP contribution < -0.4 is 5.73 Å². The minimum absolute atomic E-state index is 0.323. The molecule has 0 aliphatic carbocycles. The van der Waals surface area contributed by atoms with Crippen molar-refractivity contribution in [2.45, 2.75) is 26.5 Å². The lowest BCUT2D eigenvalue weighted by Gasteiger charge is -1.99. The maximum Gasteiger partial charge on any atom is 0.140 e. The topological polar surface area (TPSA) is 76.9 Å². The molecule has 76 valence electrons. The first-order valence-electron chi connectivity index (χ1n) is 4.48. The van der Waals surface area contributed by atoms with Gasteiger partial charge in [-0.25, -0.2) is 4.68 Å². The van der Waals surface area contributed by atoms with Crippen LogP contribution in [0.4, 0.5) is 5.82 Å². The van der Waals surface area contributed by atoms with Gasteiger partial charge in [0, 0.05) is 13.7 Å². The Balaban J connectivity index is 3.06. The Hall–Kier alpha value is -1.54. The number of rotatable bonds is 4. The summed E-state index contributed by atoms with van der Waals surface area (Å²) in [6.07, 6.45) is 0.934. The van der Waals surface area contributed by atoms with Crippen molar-refractivity contribution in [1.82, 2.24) is 9.78 Å². The Morgan fingerprint density at radius 2 is 2.36 bits per heavy atom. The summed E-state index contributed by atoms with van der Waals surface area (Å²) in [4.78, 5) is 0. The third-order valence-corrected chi connectivity index (χ3v) is 1.89. The Labute approximate surface area is 83.1 Å². The van der Waals surface area contributed by atoms with Crippen molar-refractivity contribution in [2.75, 3.05) is 12.8 Å². The number of nitrogens with zero attached hydrogens (tertiary/aromatic N) is 3. The number of nitrogens with two attached hydrogens (primary N) is 1. The second kappa shape index (κ2) is 4.63. The van der Waals surface area contributed by atoms with Crippen LogP contribution in [0.25, 0.3) is 0 Å². The number of methoxy groups -OCH3 is 1. The van der Waals surface area contributed by atoms with Gasteiger partial charge in [0.15, 0.2) is 0 Å². The highest BCUT2D eigenvalue weighted by Gasteiger charge is 2.14. The quantitative estimate of drug-likeness (QED) is 0.772. The van der Waals surface area contributed by atoms with Gasteiger partial charge in [-0.1, -0.05) is 6.92 Å². The van der Waals surface area contributed by atoms with Crippen LogP contribution in [0, 0.1) is 11.3 Å². The van der Waals surface area contributed by atoms with Gasteiger partial charge >= 0.3 is 0 Å². The van der Waals surface area contributed by atoms with Crippen molar-refractivity contribution in [3.05, 3.63) is 11.3 Å². The van der Waals surface area contributed by atoms with Gasteiger partial charge in [-0.05, 0) is 6.42 Å². The highest BCUT2D eigenvalue weighted by Crippen LogP contribution is 2.16. The number of nitrogen functional groups attached to an aromatic ring is 1. The van der Waals surface area contributed by atoms with E-state index in [2.05, 4.69) is 5.10 Å². The van der Waals surface area contributed by atoms with Crippen molar-refractivity contribution in [2.24, 2.45) is 0 Å². The standard InChI is InChI=1S/C9H14N4O/c1-3-4-13-9(11)7(5-10)8(12-13)6-14-2/h3-4,6,11H2,1-2H3. The van der Waals surface area contributed by atoms with Crippen molar-refractivity contribution in [1.29, 1.82) is 5.26 Å². The van der Waals surface area contributed by atoms with E-state index in [1.54, 1.807) is 11.8 Å². The number of nitriles is 1. The molecular formula is C9H14N4O. The van der Waals surface area contributed by atoms with Crippen LogP contribution in [0.5, 0.6) is 0 Å². The molecule has 0 aromatic carbocycles. The molecule has 0 aliphatic rings. The predicted octanol–water partition coefficient (Wildman–Crippen LogP) is 0.893. The summed E-state index contributed by atoms with van der Waals surface area (Å²) < 4.78 is 6.58. The Bertz CT molecular complexity index is 350. The first-order chi connectivity index (χ1) is 6.74. The smallest absolute Gasteiger partial charge is 0.140 e. The normalized spacial score (nSPS) is 10.1. The van der Waals surface area contributed by atoms with Crippen molar-refractivity contribution in [3.8, 4) is 6.07 Å². The number of hydrogen-bond donors (Lipinski definition) is 1. The number of ether oxygens (including phenoxy) is 1. The maximum atomic E-state index is 8.87. The zero-order valence-corrected chi connectivity index (χ0v) is 8.45. The van der Waals surface area contributed by atoms with Crippen molar-refractivity contribution >= 4 is 5.82 Å². The summed E-state index contributed by atoms with van der Waals surface area (Å²) in [6.45, 7) is 3.08. The summed E-state index contributed by atoms with van der Waals surface area (Å²) in [6, 6.07) is 2.04. The van der Waals surface area contributed by atoms with Gasteiger partial charge in [-0.3, -0.25) is 0 Å². The molecule has 1 heterocycles. The summed E-state index contributed by atoms with van der Waals surface area (Å²) in [7, 11) is 1.57. The third kappa shape index (κ3) is 1.86. The van der Waals surface area contributed by atoms with Gasteiger partial charge < -0.3 is 10.5 Å². The van der Waals surface area contributed by atoms with Crippen LogP contribution in [-0.2, 0) is 17.9 Å². The molecule has 5 heteroatoms. The van der Waals surface area contributed by atoms with Crippen LogP contribution >= 0.6 is 0 Å². The largest absolute Gasteiger partial charge is 0.383 e. The minimum atomic E-state index is 0.323. The lowest BCUT2D eigenvalue weighted by atomic mass is 10.2. The average molecular weight is 194 g/mol. The fraction of sp³-hybridized carbons (Fsp3) is 0.556. The Morgan fingerprint density at radius 3 is 2.86 bits per heavy atom. The highest BCUT2D eigenvalue weighted by molar-refractivity contribution is 5.51. The van der Waals surface area contributed by atoms with E-state index in [-0.39, 0.29) is 0 Å². The minimum Gasteiger partial charge on any atom is -0.383 e. The van der Waals surface area contributed by atoms with E-state index in [1.807, 2.05) is 13.0 Å². The lowest BCUT2D eigenvalue weighted by molar-refractivity contribution is 0.180. The molecule has 0 atom stereocenters. The fourth-order valence-electron chi connectivity index (χ4n) is 1.27. The van der Waals surface area contributed by atoms with Gasteiger partial charge in [0.25, 0.3) is 0 Å². The maximum absolute atomic E-state index is 8.87. The molecule has 0 unspecified atom stereocenters. The summed E-state index contributed by atoms with van der Waals surface area (Å²) >= 11 is 0. The molecule has 0 saturated heterocycles. The summed E-state index contributed by atoms with van der Waals surface area (Å²) in [5.74, 6) is 0.432. The first-order valence-corrected chi connectivity index (χ1v) is 4.48. The van der Waals surface area contributed by atoms with Crippen molar-refractivity contribution in [3.63, 3.8) is 0 Å². The fourth-order valence-corrected chi connectivity index (χ4v) is 1.27. The average Bonchev–Trinajstić information content (AvgIpc) is 2.45. The van der Waals surface area contributed by atoms with Crippen LogP contribution in [0.15, 0.2) is 0 Å². The van der Waals surface area contributed by atoms with E-state index in [9.17, 15) is 0 Å². The molecule has 0 aliphatic heterocycles. The lowest BCUT2D eigenvalue weighted by Crippen LogP contribution is -2.04. The van der Waals surface area contributed by atoms with Gasteiger partial charge in [0.2, 0.25) is 0 Å². The summed E-state index contributed by atoms with van der Waals surface area (Å²) in [5, 5.41) is 13.1. The van der Waals surface area contributed by atoms with Gasteiger partial charge in [0.05, 0.1) is 6.61 Å². The van der Waals surface area contributed by atoms with Crippen LogP contribution in [0.3, 0.4) is 0 Å². The van der Waals surface area contributed by atoms with Crippen LogP contribution in [0.1, 0.15) is 24.6 Å². The molecule has 0 saturated carbocycles. The molecule has 1 aromatic rings. The molecule has 1 rings (SSSR count). The molecule has 1 aromatic heterocycles. The van der Waals surface area contributed by atoms with Gasteiger partial charge in [-0.15, -0.1) is 0 Å². The second-order valence-electron chi connectivity index (χ2n) is 2.97. The predicted molar refractivity (Wildman–Crippen MR) is 52.4 cm³/mol. The molecule has 0 spiro atoms. The van der Waals surface area contributed by atoms with E-state index < -0.39 is 0 Å². The second-order valence-corrected chi connectivity index (χ2v) is 2.97. The molecule has 0 radical (unpaired) electrons. The van der Waals surface area contributed by atoms with E-state index in [0.29, 0.717) is 23.7 Å². The van der Waals surface area contributed by atoms with Gasteiger partial charge in [0.1, 0.15) is 23.1 Å². The van der Waals surface area contributed by atoms with E-state index >= 15 is 0 Å². The molecule has 0 fully saturated rings. The van der Waals surface area contributed by atoms with Crippen LogP contribution in [0.2, 0.25) is 0 Å². The molecule has 0 bridgehead atoms. The number of anilines is 1. The molecule has 0 amide bonds. The molecular weight excluding hydrogens is 180 g/mol.